The fourth-order valence-corrected chi connectivity index (χ4v) is 0. The van der Waals surface area contributed by atoms with Crippen molar-refractivity contribution in [2.45, 2.75) is 0 Å². The first-order valence-electron chi connectivity index (χ1n) is 2.20. The first-order chi connectivity index (χ1) is 5.73. The molecule has 0 bridgehead atoms. The molecule has 0 atom stereocenters. The van der Waals surface area contributed by atoms with Gasteiger partial charge in [-0.1, -0.05) is 0 Å². The van der Waals surface area contributed by atoms with Gasteiger partial charge in [-0.25, -0.2) is 0 Å². The molecule has 0 heterocycles. The average Bonchev–Trinajstić information content (AvgIpc) is 1.45. The van der Waals surface area contributed by atoms with Crippen LogP contribution in [0.25, 0.3) is 0 Å². The molecule has 20 heteroatoms. The van der Waals surface area contributed by atoms with Gasteiger partial charge < -0.3 is 51.1 Å². The Bertz CT molecular complexity index is 298. The van der Waals surface area contributed by atoms with Crippen molar-refractivity contribution in [2.75, 3.05) is 0 Å². The second kappa shape index (κ2) is 31.6. The summed E-state index contributed by atoms with van der Waals surface area (Å²) in [7, 11) is -10.3. The van der Waals surface area contributed by atoms with E-state index in [2.05, 4.69) is 16.9 Å². The normalized spacial score (nSPS) is 6.67. The van der Waals surface area contributed by atoms with Crippen molar-refractivity contribution in [3.8, 4) is 0 Å². The molecule has 139 valence electrons. The van der Waals surface area contributed by atoms with Gasteiger partial charge >= 0.3 is 23.3 Å². The maximum atomic E-state index is 8.52. The van der Waals surface area contributed by atoms with Crippen LogP contribution in [0, 0.1) is 0 Å². The number of guanidine groups is 1. The van der Waals surface area contributed by atoms with E-state index in [-0.39, 0.29) is 56.2 Å². The van der Waals surface area contributed by atoms with Crippen LogP contribution in [0.15, 0.2) is 0 Å². The number of hydrogen-bond acceptors (Lipinski definition) is 8. The fraction of sp³-hybridized carbons (Fsp3) is 0. The van der Waals surface area contributed by atoms with Crippen LogP contribution in [0.5, 0.6) is 0 Å². The van der Waals surface area contributed by atoms with Gasteiger partial charge in [0.25, 0.3) is 0 Å². The number of nitrogens with two attached hydrogens (primary N) is 3. The van der Waals surface area contributed by atoms with Crippen LogP contribution < -0.4 is 16.9 Å². The zero-order valence-corrected chi connectivity index (χ0v) is 12.6. The van der Waals surface area contributed by atoms with Crippen LogP contribution in [0.3, 0.4) is 0 Å². The minimum Gasteiger partial charge on any atom is -0.759 e. The van der Waals surface area contributed by atoms with Crippen molar-refractivity contribution in [3.63, 3.8) is 0 Å². The maximum Gasteiger partial charge on any atom is 3.00 e. The molecule has 0 aliphatic rings. The smallest absolute Gasteiger partial charge is 0.759 e. The molecule has 0 fully saturated rings. The van der Waals surface area contributed by atoms with Gasteiger partial charge in [0.05, 0.1) is 0 Å². The van der Waals surface area contributed by atoms with Crippen molar-refractivity contribution in [1.82, 2.24) is 0 Å². The molecule has 0 rings (SSSR count). The zero-order valence-electron chi connectivity index (χ0n) is 9.72. The first-order valence-corrected chi connectivity index (χ1v) is 4.87. The van der Waals surface area contributed by atoms with Crippen LogP contribution in [0.4, 0.5) is 0 Å². The molecule has 0 aromatic carbocycles. The summed E-state index contributed by atoms with van der Waals surface area (Å²) in [6.07, 6.45) is 0. The van der Waals surface area contributed by atoms with Crippen LogP contribution in [-0.4, -0.2) is 73.9 Å². The molecule has 1 radical (unpaired) electrons. The van der Waals surface area contributed by atoms with Gasteiger partial charge in [0.1, 0.15) is 0 Å². The second-order valence-electron chi connectivity index (χ2n) is 1.32. The maximum absolute atomic E-state index is 8.52. The minimum absolute atomic E-state index is 0. The average molecular weight is 412 g/mol. The fourth-order valence-electron chi connectivity index (χ4n) is 0. The van der Waals surface area contributed by atoms with E-state index in [1.165, 1.54) is 0 Å². The number of hydrogen-bond donors (Lipinski definition) is 3. The summed E-state index contributed by atoms with van der Waals surface area (Å²) in [4.78, 5) is 0. The van der Waals surface area contributed by atoms with E-state index in [0.717, 1.165) is 0 Å². The summed E-state index contributed by atoms with van der Waals surface area (Å²) in [6.45, 7) is 0. The molecular weight excluding hydrogens is 394 g/mol. The Morgan fingerprint density at radius 2 is 0.667 bits per heavy atom. The Labute approximate surface area is 129 Å². The Kier molecular flexibility index (Phi) is 107. The molecular formula is CH18CrN3O14S2. The van der Waals surface area contributed by atoms with Crippen LogP contribution >= 0.6 is 0 Å². The molecule has 0 aromatic heterocycles. The molecule has 18 N–H and O–H groups in total. The SMILES string of the molecule is NC(N)=[NH2+].O.O.O.O.O.O.O=S(=O)([O-])[O-].O=S(=O)([O-])[O-].[Cr+3]. The standard InChI is InChI=1S/CH5N3.Cr.2H2O4S.6H2O/c2-1(3)4;;2*1-5(2,3)4;;;;;;/h(H5,2,3,4);;2*(H2,1,2,3,4);6*1H2/q;+3;;;;;;;;/p-3. The van der Waals surface area contributed by atoms with Gasteiger partial charge in [-0.05, 0) is 0 Å². The molecule has 0 spiro atoms. The van der Waals surface area contributed by atoms with E-state index in [9.17, 15) is 0 Å². The van der Waals surface area contributed by atoms with E-state index in [4.69, 9.17) is 35.0 Å². The Hall–Kier alpha value is -0.698. The molecule has 0 aliphatic carbocycles. The molecule has 0 aliphatic heterocycles. The quantitative estimate of drug-likeness (QED) is 0.146. The van der Waals surface area contributed by atoms with Crippen molar-refractivity contribution in [1.29, 1.82) is 0 Å². The summed E-state index contributed by atoms with van der Waals surface area (Å²) >= 11 is 0. The first kappa shape index (κ1) is 71.3. The predicted molar refractivity (Wildman–Crippen MR) is 57.9 cm³/mol. The van der Waals surface area contributed by atoms with E-state index >= 15 is 0 Å². The minimum atomic E-state index is -5.17. The van der Waals surface area contributed by atoms with Gasteiger partial charge in [-0.2, -0.15) is 0 Å². The number of rotatable bonds is 0. The van der Waals surface area contributed by atoms with Gasteiger partial charge in [0.2, 0.25) is 0 Å². The van der Waals surface area contributed by atoms with Gasteiger partial charge in [-0.15, -0.1) is 0 Å². The molecule has 17 nitrogen and oxygen atoms in total. The van der Waals surface area contributed by atoms with Crippen molar-refractivity contribution in [3.05, 3.63) is 0 Å². The molecule has 0 aromatic rings. The monoisotopic (exact) mass is 412 g/mol. The van der Waals surface area contributed by atoms with Crippen molar-refractivity contribution in [2.24, 2.45) is 11.5 Å². The Balaban J connectivity index is -0.00000000930. The van der Waals surface area contributed by atoms with Crippen LogP contribution in [0.2, 0.25) is 0 Å². The molecule has 21 heavy (non-hydrogen) atoms. The summed E-state index contributed by atoms with van der Waals surface area (Å²) in [5.41, 5.74) is 9.17. The topological polar surface area (TPSA) is 427 Å². The van der Waals surface area contributed by atoms with Crippen LogP contribution in [-0.2, 0) is 38.2 Å². The largest absolute Gasteiger partial charge is 3.00 e. The second-order valence-corrected chi connectivity index (χ2v) is 2.95. The van der Waals surface area contributed by atoms with Gasteiger partial charge in [0.15, 0.2) is 0 Å². The zero-order chi connectivity index (χ0) is 12.6. The van der Waals surface area contributed by atoms with E-state index < -0.39 is 20.8 Å². The molecule has 0 saturated carbocycles. The summed E-state index contributed by atoms with van der Waals surface area (Å²) in [6, 6.07) is 0. The Morgan fingerprint density at radius 3 is 0.667 bits per heavy atom. The Morgan fingerprint density at radius 1 is 0.667 bits per heavy atom. The third-order valence-electron chi connectivity index (χ3n) is 0. The summed E-state index contributed by atoms with van der Waals surface area (Å²) in [5.74, 6) is -0.0833. The van der Waals surface area contributed by atoms with E-state index in [1.54, 1.807) is 0 Å². The van der Waals surface area contributed by atoms with E-state index in [1.807, 2.05) is 0 Å². The van der Waals surface area contributed by atoms with Crippen molar-refractivity contribution < 1.29 is 90.7 Å². The summed E-state index contributed by atoms with van der Waals surface area (Å²) in [5, 5.41) is 4.58. The van der Waals surface area contributed by atoms with Gasteiger partial charge in [-0.3, -0.25) is 33.7 Å². The molecule has 0 unspecified atom stereocenters. The molecule has 0 saturated heterocycles. The van der Waals surface area contributed by atoms with E-state index in [0.29, 0.717) is 0 Å². The summed E-state index contributed by atoms with van der Waals surface area (Å²) < 4.78 is 68.2. The van der Waals surface area contributed by atoms with Gasteiger partial charge in [0, 0.05) is 20.8 Å². The van der Waals surface area contributed by atoms with Crippen LogP contribution in [0.1, 0.15) is 0 Å². The third kappa shape index (κ3) is 11900. The predicted octanol–water partition coefficient (Wildman–Crippen LogP) is -10.6. The third-order valence-corrected chi connectivity index (χ3v) is 0. The molecule has 0 amide bonds. The van der Waals surface area contributed by atoms with Crippen molar-refractivity contribution >= 4 is 26.8 Å².